The summed E-state index contributed by atoms with van der Waals surface area (Å²) in [6.45, 7) is 0. The Morgan fingerprint density at radius 1 is 1.12 bits per heavy atom. The van der Waals surface area contributed by atoms with E-state index < -0.39 is 10.1 Å². The van der Waals surface area contributed by atoms with Gasteiger partial charge in [0.25, 0.3) is 0 Å². The van der Waals surface area contributed by atoms with Crippen LogP contribution < -0.4 is 0 Å². The van der Waals surface area contributed by atoms with E-state index in [9.17, 15) is 8.42 Å². The fraction of sp³-hybridized carbons (Fsp3) is 0.100. The highest BCUT2D eigenvalue weighted by Gasteiger charge is 2.14. The fourth-order valence-electron chi connectivity index (χ4n) is 1.27. The van der Waals surface area contributed by atoms with Gasteiger partial charge in [0.2, 0.25) is 0 Å². The van der Waals surface area contributed by atoms with Crippen LogP contribution >= 0.6 is 12.4 Å². The summed E-state index contributed by atoms with van der Waals surface area (Å²) < 4.78 is 27.1. The summed E-state index contributed by atoms with van der Waals surface area (Å²) in [5, 5.41) is 0.830. The molecule has 16 heavy (non-hydrogen) atoms. The Balaban J connectivity index is 0.00000128. The number of aromatic nitrogens is 1. The second-order valence-corrected chi connectivity index (χ2v) is 4.62. The first kappa shape index (κ1) is 12.9. The molecule has 86 valence electrons. The van der Waals surface area contributed by atoms with Gasteiger partial charge in [0.05, 0.1) is 12.6 Å². The molecule has 1 aromatic carbocycles. The van der Waals surface area contributed by atoms with Gasteiger partial charge in [-0.3, -0.25) is 4.18 Å². The van der Waals surface area contributed by atoms with Crippen molar-refractivity contribution in [3.63, 3.8) is 0 Å². The third kappa shape index (κ3) is 2.32. The van der Waals surface area contributed by atoms with Crippen LogP contribution in [0.1, 0.15) is 0 Å². The molecule has 0 saturated carbocycles. The van der Waals surface area contributed by atoms with Crippen LogP contribution in [0.3, 0.4) is 0 Å². The zero-order chi connectivity index (χ0) is 10.9. The van der Waals surface area contributed by atoms with E-state index in [1.165, 1.54) is 6.07 Å². The Hall–Kier alpha value is -1.17. The van der Waals surface area contributed by atoms with Gasteiger partial charge < -0.3 is 0 Å². The monoisotopic (exact) mass is 259 g/mol. The van der Waals surface area contributed by atoms with Crippen LogP contribution in [0.4, 0.5) is 0 Å². The molecule has 0 bridgehead atoms. The van der Waals surface area contributed by atoms with E-state index in [0.29, 0.717) is 5.52 Å². The third-order valence-electron chi connectivity index (χ3n) is 2.05. The summed E-state index contributed by atoms with van der Waals surface area (Å²) in [6.07, 6.45) is 0. The highest BCUT2D eigenvalue weighted by molar-refractivity contribution is 7.86. The molecule has 0 amide bonds. The van der Waals surface area contributed by atoms with Gasteiger partial charge in [-0.1, -0.05) is 18.2 Å². The second kappa shape index (κ2) is 4.78. The van der Waals surface area contributed by atoms with E-state index in [0.717, 1.165) is 12.5 Å². The highest BCUT2D eigenvalue weighted by atomic mass is 35.5. The minimum absolute atomic E-state index is 0. The summed E-state index contributed by atoms with van der Waals surface area (Å²) in [6, 6.07) is 10.4. The van der Waals surface area contributed by atoms with Gasteiger partial charge in [-0.15, -0.1) is 12.4 Å². The molecule has 0 radical (unpaired) electrons. The summed E-state index contributed by atoms with van der Waals surface area (Å²) in [5.74, 6) is 0. The van der Waals surface area contributed by atoms with Gasteiger partial charge in [0.15, 0.2) is 5.03 Å². The van der Waals surface area contributed by atoms with Crippen LogP contribution in [0.25, 0.3) is 10.9 Å². The maximum absolute atomic E-state index is 11.4. The van der Waals surface area contributed by atoms with Crippen molar-refractivity contribution in [1.82, 2.24) is 4.98 Å². The van der Waals surface area contributed by atoms with E-state index in [1.54, 1.807) is 18.2 Å². The van der Waals surface area contributed by atoms with Crippen molar-refractivity contribution in [2.45, 2.75) is 5.03 Å². The number of halogens is 1. The molecule has 0 aliphatic heterocycles. The molecule has 6 heteroatoms. The minimum atomic E-state index is -3.70. The molecule has 0 saturated heterocycles. The fourth-order valence-corrected chi connectivity index (χ4v) is 1.89. The summed E-state index contributed by atoms with van der Waals surface area (Å²) in [7, 11) is -2.58. The van der Waals surface area contributed by atoms with Crippen LogP contribution in [0, 0.1) is 0 Å². The molecule has 1 aromatic heterocycles. The number of nitrogens with zero attached hydrogens (tertiary/aromatic N) is 1. The van der Waals surface area contributed by atoms with Crippen molar-refractivity contribution in [3.8, 4) is 0 Å². The van der Waals surface area contributed by atoms with Gasteiger partial charge in [-0.2, -0.15) is 8.42 Å². The number of para-hydroxylation sites is 1. The van der Waals surface area contributed by atoms with Crippen molar-refractivity contribution in [2.24, 2.45) is 0 Å². The first-order valence-corrected chi connectivity index (χ1v) is 5.71. The number of fused-ring (bicyclic) bond motifs is 1. The Kier molecular flexibility index (Phi) is 3.85. The van der Waals surface area contributed by atoms with E-state index in [1.807, 2.05) is 12.1 Å². The Morgan fingerprint density at radius 3 is 2.50 bits per heavy atom. The zero-order valence-corrected chi connectivity index (χ0v) is 10.1. The van der Waals surface area contributed by atoms with Gasteiger partial charge in [0, 0.05) is 5.39 Å². The Morgan fingerprint density at radius 2 is 1.81 bits per heavy atom. The molecule has 2 rings (SSSR count). The van der Waals surface area contributed by atoms with Crippen molar-refractivity contribution in [2.75, 3.05) is 7.11 Å². The first-order valence-electron chi connectivity index (χ1n) is 4.30. The topological polar surface area (TPSA) is 56.3 Å². The molecule has 0 aliphatic rings. The molecular weight excluding hydrogens is 250 g/mol. The molecule has 0 atom stereocenters. The predicted molar refractivity (Wildman–Crippen MR) is 63.2 cm³/mol. The average molecular weight is 260 g/mol. The molecule has 0 aliphatic carbocycles. The molecule has 0 spiro atoms. The van der Waals surface area contributed by atoms with E-state index >= 15 is 0 Å². The predicted octanol–water partition coefficient (Wildman–Crippen LogP) is 1.99. The lowest BCUT2D eigenvalue weighted by Crippen LogP contribution is -2.05. The maximum Gasteiger partial charge on any atom is 0.314 e. The Bertz CT molecular complexity index is 598. The number of hydrogen-bond donors (Lipinski definition) is 0. The largest absolute Gasteiger partial charge is 0.314 e. The lowest BCUT2D eigenvalue weighted by atomic mass is 10.2. The van der Waals surface area contributed by atoms with Gasteiger partial charge in [-0.05, 0) is 18.2 Å². The summed E-state index contributed by atoms with van der Waals surface area (Å²) in [4.78, 5) is 4.00. The van der Waals surface area contributed by atoms with E-state index in [-0.39, 0.29) is 17.4 Å². The molecule has 4 nitrogen and oxygen atoms in total. The van der Waals surface area contributed by atoms with Crippen LogP contribution in [0.15, 0.2) is 41.4 Å². The van der Waals surface area contributed by atoms with Crippen LogP contribution in [0.5, 0.6) is 0 Å². The number of rotatable bonds is 2. The van der Waals surface area contributed by atoms with Crippen molar-refractivity contribution in [3.05, 3.63) is 36.4 Å². The Labute approximate surface area is 99.8 Å². The van der Waals surface area contributed by atoms with Crippen LogP contribution in [0.2, 0.25) is 0 Å². The van der Waals surface area contributed by atoms with Crippen molar-refractivity contribution < 1.29 is 12.6 Å². The third-order valence-corrected chi connectivity index (χ3v) is 3.23. The lowest BCUT2D eigenvalue weighted by Gasteiger charge is -2.01. The normalized spacial score (nSPS) is 11.1. The van der Waals surface area contributed by atoms with Gasteiger partial charge >= 0.3 is 10.1 Å². The summed E-state index contributed by atoms with van der Waals surface area (Å²) >= 11 is 0. The molecule has 0 fully saturated rings. The van der Waals surface area contributed by atoms with Crippen LogP contribution in [-0.4, -0.2) is 20.5 Å². The first-order chi connectivity index (χ1) is 7.13. The lowest BCUT2D eigenvalue weighted by molar-refractivity contribution is 0.395. The summed E-state index contributed by atoms with van der Waals surface area (Å²) in [5.41, 5.74) is 0.635. The average Bonchev–Trinajstić information content (AvgIpc) is 2.28. The highest BCUT2D eigenvalue weighted by Crippen LogP contribution is 2.15. The SMILES string of the molecule is COS(=O)(=O)c1ccc2ccccc2n1.Cl. The van der Waals surface area contributed by atoms with E-state index in [4.69, 9.17) is 0 Å². The van der Waals surface area contributed by atoms with Gasteiger partial charge in [0.1, 0.15) is 0 Å². The molecule has 0 N–H and O–H groups in total. The number of pyridine rings is 1. The van der Waals surface area contributed by atoms with Gasteiger partial charge in [-0.25, -0.2) is 4.98 Å². The van der Waals surface area contributed by atoms with Crippen molar-refractivity contribution in [1.29, 1.82) is 0 Å². The van der Waals surface area contributed by atoms with Crippen LogP contribution in [-0.2, 0) is 14.3 Å². The standard InChI is InChI=1S/C10H9NO3S.ClH/c1-14-15(12,13)10-7-6-8-4-2-3-5-9(8)11-10;/h2-7H,1H3;1H. The smallest absolute Gasteiger partial charge is 0.269 e. The molecule has 1 heterocycles. The number of hydrogen-bond acceptors (Lipinski definition) is 4. The maximum atomic E-state index is 11.4. The minimum Gasteiger partial charge on any atom is -0.269 e. The molecular formula is C10H10ClNO3S. The van der Waals surface area contributed by atoms with Crippen molar-refractivity contribution >= 4 is 33.4 Å². The zero-order valence-electron chi connectivity index (χ0n) is 8.45. The number of benzene rings is 1. The molecule has 0 unspecified atom stereocenters. The quantitative estimate of drug-likeness (QED) is 0.774. The van der Waals surface area contributed by atoms with E-state index in [2.05, 4.69) is 9.17 Å². The second-order valence-electron chi connectivity index (χ2n) is 2.96. The molecule has 2 aromatic rings.